The number of carboxylic acid groups (broad SMARTS) is 1. The van der Waals surface area contributed by atoms with E-state index in [2.05, 4.69) is 29.4 Å². The topological polar surface area (TPSA) is 81.7 Å². The molecule has 0 spiro atoms. The molecule has 0 aromatic rings. The quantitative estimate of drug-likeness (QED) is 0.574. The predicted octanol–water partition coefficient (Wildman–Crippen LogP) is 0.881. The van der Waals surface area contributed by atoms with Gasteiger partial charge in [0.25, 0.3) is 0 Å². The number of aliphatic carboxylic acids is 1. The van der Waals surface area contributed by atoms with E-state index in [1.54, 1.807) is 6.92 Å². The molecule has 2 amide bonds. The summed E-state index contributed by atoms with van der Waals surface area (Å²) < 4.78 is 0. The fourth-order valence-electron chi connectivity index (χ4n) is 1.62. The molecule has 6 heteroatoms. The Bertz CT molecular complexity index is 259. The van der Waals surface area contributed by atoms with Gasteiger partial charge in [-0.25, -0.2) is 9.59 Å². The molecule has 0 aliphatic rings. The van der Waals surface area contributed by atoms with Crippen LogP contribution in [0.15, 0.2) is 0 Å². The molecule has 0 fully saturated rings. The van der Waals surface area contributed by atoms with Gasteiger partial charge >= 0.3 is 12.0 Å². The van der Waals surface area contributed by atoms with Crippen molar-refractivity contribution in [3.63, 3.8) is 0 Å². The first-order valence-electron chi connectivity index (χ1n) is 6.54. The second kappa shape index (κ2) is 9.70. The van der Waals surface area contributed by atoms with Crippen molar-refractivity contribution < 1.29 is 14.7 Å². The number of carbonyl (C=O) groups excluding carboxylic acids is 1. The SMILES string of the molecule is CCCN(CC)CCNC(=O)N[C@@H](CC)C(=O)O. The lowest BCUT2D eigenvalue weighted by Gasteiger charge is -2.20. The van der Waals surface area contributed by atoms with E-state index in [1.807, 2.05) is 0 Å². The first kappa shape index (κ1) is 16.7. The van der Waals surface area contributed by atoms with Crippen molar-refractivity contribution >= 4 is 12.0 Å². The highest BCUT2D eigenvalue weighted by molar-refractivity contribution is 5.82. The Hall–Kier alpha value is -1.30. The van der Waals surface area contributed by atoms with Crippen LogP contribution in [-0.4, -0.2) is 54.2 Å². The van der Waals surface area contributed by atoms with Gasteiger partial charge in [0.1, 0.15) is 6.04 Å². The molecule has 0 aromatic heterocycles. The van der Waals surface area contributed by atoms with Gasteiger partial charge in [-0.2, -0.15) is 0 Å². The van der Waals surface area contributed by atoms with Gasteiger partial charge in [0.05, 0.1) is 0 Å². The Balaban J connectivity index is 3.85. The van der Waals surface area contributed by atoms with E-state index < -0.39 is 18.0 Å². The van der Waals surface area contributed by atoms with Gasteiger partial charge in [0.2, 0.25) is 0 Å². The van der Waals surface area contributed by atoms with Gasteiger partial charge in [0, 0.05) is 13.1 Å². The van der Waals surface area contributed by atoms with Crippen molar-refractivity contribution in [2.75, 3.05) is 26.2 Å². The fraction of sp³-hybridized carbons (Fsp3) is 0.833. The van der Waals surface area contributed by atoms with Gasteiger partial charge in [-0.3, -0.25) is 0 Å². The van der Waals surface area contributed by atoms with Crippen molar-refractivity contribution in [2.45, 2.75) is 39.7 Å². The zero-order valence-corrected chi connectivity index (χ0v) is 11.5. The molecular formula is C12H25N3O3. The van der Waals surface area contributed by atoms with Crippen LogP contribution in [-0.2, 0) is 4.79 Å². The van der Waals surface area contributed by atoms with Crippen LogP contribution in [0.1, 0.15) is 33.6 Å². The van der Waals surface area contributed by atoms with Crippen molar-refractivity contribution in [2.24, 2.45) is 0 Å². The Kier molecular flexibility index (Phi) is 9.00. The van der Waals surface area contributed by atoms with Crippen molar-refractivity contribution in [1.29, 1.82) is 0 Å². The van der Waals surface area contributed by atoms with Crippen LogP contribution in [0, 0.1) is 0 Å². The summed E-state index contributed by atoms with van der Waals surface area (Å²) >= 11 is 0. The number of nitrogens with zero attached hydrogens (tertiary/aromatic N) is 1. The van der Waals surface area contributed by atoms with E-state index in [0.29, 0.717) is 13.0 Å². The summed E-state index contributed by atoms with van der Waals surface area (Å²) in [5.41, 5.74) is 0. The average Bonchev–Trinajstić information content (AvgIpc) is 2.34. The standard InChI is InChI=1S/C12H25N3O3/c1-4-8-15(6-3)9-7-13-12(18)14-10(5-2)11(16)17/h10H,4-9H2,1-3H3,(H,16,17)(H2,13,14,18)/t10-/m0/s1. The van der Waals surface area contributed by atoms with E-state index in [1.165, 1.54) is 0 Å². The Labute approximate surface area is 109 Å². The number of urea groups is 1. The maximum absolute atomic E-state index is 11.4. The number of likely N-dealkylation sites (N-methyl/N-ethyl adjacent to an activating group) is 1. The lowest BCUT2D eigenvalue weighted by molar-refractivity contribution is -0.139. The molecular weight excluding hydrogens is 234 g/mol. The summed E-state index contributed by atoms with van der Waals surface area (Å²) in [4.78, 5) is 24.4. The van der Waals surface area contributed by atoms with Gasteiger partial charge in [0.15, 0.2) is 0 Å². The maximum atomic E-state index is 11.4. The third kappa shape index (κ3) is 7.11. The largest absolute Gasteiger partial charge is 0.480 e. The van der Waals surface area contributed by atoms with E-state index in [4.69, 9.17) is 5.11 Å². The fourth-order valence-corrected chi connectivity index (χ4v) is 1.62. The van der Waals surface area contributed by atoms with Gasteiger partial charge in [-0.05, 0) is 25.9 Å². The highest BCUT2D eigenvalue weighted by Gasteiger charge is 2.16. The van der Waals surface area contributed by atoms with Gasteiger partial charge in [-0.1, -0.05) is 20.8 Å². The third-order valence-electron chi connectivity index (χ3n) is 2.71. The summed E-state index contributed by atoms with van der Waals surface area (Å²) in [7, 11) is 0. The van der Waals surface area contributed by atoms with Crippen LogP contribution in [0.5, 0.6) is 0 Å². The minimum atomic E-state index is -1.01. The number of amides is 2. The second-order valence-electron chi connectivity index (χ2n) is 4.13. The molecule has 106 valence electrons. The first-order valence-corrected chi connectivity index (χ1v) is 6.54. The Morgan fingerprint density at radius 1 is 1.22 bits per heavy atom. The molecule has 0 radical (unpaired) electrons. The zero-order valence-electron chi connectivity index (χ0n) is 11.5. The normalized spacial score (nSPS) is 12.2. The van der Waals surface area contributed by atoms with Crippen molar-refractivity contribution in [3.05, 3.63) is 0 Å². The van der Waals surface area contributed by atoms with Crippen LogP contribution >= 0.6 is 0 Å². The Morgan fingerprint density at radius 3 is 2.33 bits per heavy atom. The summed E-state index contributed by atoms with van der Waals surface area (Å²) in [6.07, 6.45) is 1.45. The minimum Gasteiger partial charge on any atom is -0.480 e. The molecule has 0 heterocycles. The minimum absolute atomic E-state index is 0.375. The number of carbonyl (C=O) groups is 2. The molecule has 6 nitrogen and oxygen atoms in total. The molecule has 0 aliphatic carbocycles. The highest BCUT2D eigenvalue weighted by Crippen LogP contribution is 1.91. The third-order valence-corrected chi connectivity index (χ3v) is 2.71. The summed E-state index contributed by atoms with van der Waals surface area (Å²) in [6.45, 7) is 9.17. The lowest BCUT2D eigenvalue weighted by Crippen LogP contribution is -2.47. The summed E-state index contributed by atoms with van der Waals surface area (Å²) in [5, 5.41) is 13.9. The van der Waals surface area contributed by atoms with Gasteiger partial charge < -0.3 is 20.6 Å². The first-order chi connectivity index (χ1) is 8.54. The second-order valence-corrected chi connectivity index (χ2v) is 4.13. The molecule has 0 aromatic carbocycles. The number of carboxylic acids is 1. The molecule has 0 saturated carbocycles. The number of rotatable bonds is 9. The molecule has 0 bridgehead atoms. The van der Waals surface area contributed by atoms with Crippen LogP contribution in [0.3, 0.4) is 0 Å². The van der Waals surface area contributed by atoms with Crippen molar-refractivity contribution in [3.8, 4) is 0 Å². The van der Waals surface area contributed by atoms with Crippen LogP contribution in [0.2, 0.25) is 0 Å². The molecule has 1 atom stereocenters. The summed E-state index contributed by atoms with van der Waals surface area (Å²) in [5.74, 6) is -1.01. The Morgan fingerprint density at radius 2 is 1.89 bits per heavy atom. The summed E-state index contributed by atoms with van der Waals surface area (Å²) in [6, 6.07) is -1.24. The van der Waals surface area contributed by atoms with Crippen molar-refractivity contribution in [1.82, 2.24) is 15.5 Å². The molecule has 0 rings (SSSR count). The van der Waals surface area contributed by atoms with Gasteiger partial charge in [-0.15, -0.1) is 0 Å². The average molecular weight is 259 g/mol. The van der Waals surface area contributed by atoms with Crippen LogP contribution in [0.4, 0.5) is 4.79 Å². The van der Waals surface area contributed by atoms with E-state index >= 15 is 0 Å². The zero-order chi connectivity index (χ0) is 14.0. The van der Waals surface area contributed by atoms with E-state index in [-0.39, 0.29) is 0 Å². The maximum Gasteiger partial charge on any atom is 0.326 e. The monoisotopic (exact) mass is 259 g/mol. The number of hydrogen-bond donors (Lipinski definition) is 3. The smallest absolute Gasteiger partial charge is 0.326 e. The number of nitrogens with one attached hydrogen (secondary N) is 2. The molecule has 3 N–H and O–H groups in total. The van der Waals surface area contributed by atoms with E-state index in [9.17, 15) is 9.59 Å². The lowest BCUT2D eigenvalue weighted by atomic mass is 10.2. The van der Waals surface area contributed by atoms with Crippen LogP contribution < -0.4 is 10.6 Å². The van der Waals surface area contributed by atoms with E-state index in [0.717, 1.165) is 26.1 Å². The van der Waals surface area contributed by atoms with Crippen LogP contribution in [0.25, 0.3) is 0 Å². The number of hydrogen-bond acceptors (Lipinski definition) is 3. The molecule has 0 saturated heterocycles. The molecule has 0 aliphatic heterocycles. The molecule has 0 unspecified atom stereocenters. The highest BCUT2D eigenvalue weighted by atomic mass is 16.4. The predicted molar refractivity (Wildman–Crippen MR) is 70.7 cm³/mol. The molecule has 18 heavy (non-hydrogen) atoms.